The van der Waals surface area contributed by atoms with Gasteiger partial charge >= 0.3 is 5.97 Å². The first-order valence-corrected chi connectivity index (χ1v) is 9.65. The molecular weight excluding hydrogens is 403 g/mol. The van der Waals surface area contributed by atoms with Crippen molar-refractivity contribution in [3.05, 3.63) is 57.8 Å². The van der Waals surface area contributed by atoms with Gasteiger partial charge in [-0.25, -0.2) is 4.98 Å². The van der Waals surface area contributed by atoms with Crippen molar-refractivity contribution in [2.75, 3.05) is 20.2 Å². The van der Waals surface area contributed by atoms with Crippen LogP contribution in [0.15, 0.2) is 36.4 Å². The Kier molecular flexibility index (Phi) is 6.75. The van der Waals surface area contributed by atoms with Crippen molar-refractivity contribution in [2.45, 2.75) is 19.4 Å². The number of carbonyl (C=O) groups is 2. The molecule has 0 radical (unpaired) electrons. The lowest BCUT2D eigenvalue weighted by Gasteiger charge is -2.30. The zero-order chi connectivity index (χ0) is 20.1. The Hall–Kier alpha value is -2.31. The molecule has 0 bridgehead atoms. The topological polar surface area (TPSA) is 68.7 Å². The number of para-hydroxylation sites is 1. The van der Waals surface area contributed by atoms with Crippen molar-refractivity contribution in [1.29, 1.82) is 0 Å². The zero-order valence-corrected chi connectivity index (χ0v) is 16.9. The van der Waals surface area contributed by atoms with E-state index < -0.39 is 0 Å². The summed E-state index contributed by atoms with van der Waals surface area (Å²) < 4.78 is 10.5. The molecule has 0 aliphatic carbocycles. The number of carbonyl (C=O) groups excluding carboxylic acids is 2. The first kappa shape index (κ1) is 20.4. The van der Waals surface area contributed by atoms with Gasteiger partial charge in [0.25, 0.3) is 5.91 Å². The van der Waals surface area contributed by atoms with Crippen LogP contribution in [-0.4, -0.2) is 42.0 Å². The summed E-state index contributed by atoms with van der Waals surface area (Å²) in [6.07, 6.45) is 1.18. The van der Waals surface area contributed by atoms with E-state index in [2.05, 4.69) is 4.98 Å². The molecule has 0 atom stereocenters. The molecule has 2 heterocycles. The van der Waals surface area contributed by atoms with Crippen LogP contribution in [0.1, 0.15) is 29.0 Å². The normalized spacial score (nSPS) is 14.6. The monoisotopic (exact) mass is 422 g/mol. The lowest BCUT2D eigenvalue weighted by Crippen LogP contribution is -2.40. The number of rotatable bonds is 5. The van der Waals surface area contributed by atoms with E-state index in [1.165, 1.54) is 7.11 Å². The number of esters is 1. The molecule has 1 aliphatic heterocycles. The second kappa shape index (κ2) is 9.26. The maximum atomic E-state index is 12.7. The first-order chi connectivity index (χ1) is 13.5. The summed E-state index contributed by atoms with van der Waals surface area (Å²) in [5.74, 6) is -0.153. The summed E-state index contributed by atoms with van der Waals surface area (Å²) in [6.45, 7) is 1.13. The number of piperidine rings is 1. The molecule has 1 saturated heterocycles. The van der Waals surface area contributed by atoms with Crippen LogP contribution in [-0.2, 0) is 16.1 Å². The lowest BCUT2D eigenvalue weighted by molar-refractivity contribution is -0.146. The minimum Gasteiger partial charge on any atom is -0.484 e. The molecule has 1 aliphatic rings. The van der Waals surface area contributed by atoms with E-state index in [-0.39, 0.29) is 24.4 Å². The highest BCUT2D eigenvalue weighted by Gasteiger charge is 2.28. The van der Waals surface area contributed by atoms with Crippen molar-refractivity contribution >= 4 is 35.1 Å². The van der Waals surface area contributed by atoms with Crippen molar-refractivity contribution < 1.29 is 19.1 Å². The van der Waals surface area contributed by atoms with Crippen molar-refractivity contribution in [2.24, 2.45) is 5.92 Å². The smallest absolute Gasteiger partial charge is 0.308 e. The van der Waals surface area contributed by atoms with Gasteiger partial charge in [0.1, 0.15) is 12.3 Å². The molecule has 1 aromatic carbocycles. The molecule has 3 rings (SSSR count). The molecule has 148 valence electrons. The van der Waals surface area contributed by atoms with Crippen LogP contribution in [0.5, 0.6) is 5.75 Å². The number of pyridine rings is 1. The maximum Gasteiger partial charge on any atom is 0.308 e. The predicted molar refractivity (Wildman–Crippen MR) is 106 cm³/mol. The van der Waals surface area contributed by atoms with Crippen LogP contribution < -0.4 is 4.74 Å². The van der Waals surface area contributed by atoms with E-state index in [4.69, 9.17) is 32.7 Å². The average Bonchev–Trinajstić information content (AvgIpc) is 2.72. The number of hydrogen-bond acceptors (Lipinski definition) is 5. The van der Waals surface area contributed by atoms with Gasteiger partial charge in [-0.05, 0) is 37.1 Å². The maximum absolute atomic E-state index is 12.7. The number of amides is 1. The molecular formula is C20H20Cl2N2O4. The van der Waals surface area contributed by atoms with Crippen molar-refractivity contribution in [1.82, 2.24) is 9.88 Å². The quantitative estimate of drug-likeness (QED) is 0.681. The molecule has 8 heteroatoms. The Balaban J connectivity index is 1.63. The van der Waals surface area contributed by atoms with Gasteiger partial charge in [-0.2, -0.15) is 0 Å². The Bertz CT molecular complexity index is 847. The molecule has 6 nitrogen and oxygen atoms in total. The number of methoxy groups -OCH3 is 1. The molecule has 2 aromatic rings. The average molecular weight is 423 g/mol. The van der Waals surface area contributed by atoms with Gasteiger partial charge in [-0.1, -0.05) is 35.3 Å². The summed E-state index contributed by atoms with van der Waals surface area (Å²) in [5.41, 5.74) is 0.925. The second-order valence-corrected chi connectivity index (χ2v) is 7.26. The van der Waals surface area contributed by atoms with Gasteiger partial charge in [0.05, 0.1) is 28.8 Å². The summed E-state index contributed by atoms with van der Waals surface area (Å²) in [6, 6.07) is 10.3. The second-order valence-electron chi connectivity index (χ2n) is 6.44. The van der Waals surface area contributed by atoms with Crippen molar-refractivity contribution in [3.63, 3.8) is 0 Å². The third kappa shape index (κ3) is 4.75. The summed E-state index contributed by atoms with van der Waals surface area (Å²) >= 11 is 12.2. The van der Waals surface area contributed by atoms with Gasteiger partial charge in [-0.15, -0.1) is 0 Å². The molecule has 1 amide bonds. The minimum absolute atomic E-state index is 0.134. The highest BCUT2D eigenvalue weighted by atomic mass is 35.5. The van der Waals surface area contributed by atoms with Crippen LogP contribution in [0.3, 0.4) is 0 Å². The highest BCUT2D eigenvalue weighted by Crippen LogP contribution is 2.32. The molecule has 0 spiro atoms. The Labute approximate surface area is 173 Å². The zero-order valence-electron chi connectivity index (χ0n) is 15.4. The van der Waals surface area contributed by atoms with E-state index in [1.807, 2.05) is 0 Å². The number of halogens is 2. The summed E-state index contributed by atoms with van der Waals surface area (Å²) in [4.78, 5) is 30.5. The van der Waals surface area contributed by atoms with E-state index in [0.29, 0.717) is 53.1 Å². The van der Waals surface area contributed by atoms with E-state index in [0.717, 1.165) is 0 Å². The van der Waals surface area contributed by atoms with Gasteiger partial charge in [0.2, 0.25) is 0 Å². The number of hydrogen-bond donors (Lipinski definition) is 0. The van der Waals surface area contributed by atoms with Crippen LogP contribution >= 0.6 is 23.2 Å². The number of aromatic nitrogens is 1. The molecule has 1 fully saturated rings. The van der Waals surface area contributed by atoms with E-state index >= 15 is 0 Å². The third-order valence-corrected chi connectivity index (χ3v) is 5.22. The molecule has 1 aromatic heterocycles. The minimum atomic E-state index is -0.220. The fraction of sp³-hybridized carbons (Fsp3) is 0.350. The molecule has 28 heavy (non-hydrogen) atoms. The Morgan fingerprint density at radius 2 is 1.75 bits per heavy atom. The van der Waals surface area contributed by atoms with Crippen LogP contribution in [0, 0.1) is 5.92 Å². The van der Waals surface area contributed by atoms with E-state index in [1.54, 1.807) is 41.3 Å². The number of benzene rings is 1. The first-order valence-electron chi connectivity index (χ1n) is 8.89. The van der Waals surface area contributed by atoms with Gasteiger partial charge in [0.15, 0.2) is 5.75 Å². The van der Waals surface area contributed by atoms with Crippen LogP contribution in [0.25, 0.3) is 0 Å². The number of nitrogens with zero attached hydrogens (tertiary/aromatic N) is 2. The summed E-state index contributed by atoms with van der Waals surface area (Å²) in [5, 5.41) is 0.821. The van der Waals surface area contributed by atoms with E-state index in [9.17, 15) is 9.59 Å². The van der Waals surface area contributed by atoms with Gasteiger partial charge in [0, 0.05) is 13.1 Å². The van der Waals surface area contributed by atoms with Crippen LogP contribution in [0.2, 0.25) is 10.0 Å². The summed E-state index contributed by atoms with van der Waals surface area (Å²) in [7, 11) is 1.38. The molecule has 0 unspecified atom stereocenters. The lowest BCUT2D eigenvalue weighted by atomic mass is 9.97. The van der Waals surface area contributed by atoms with Crippen molar-refractivity contribution in [3.8, 4) is 5.75 Å². The van der Waals surface area contributed by atoms with Crippen LogP contribution in [0.4, 0.5) is 0 Å². The van der Waals surface area contributed by atoms with Gasteiger partial charge in [-0.3, -0.25) is 9.59 Å². The fourth-order valence-corrected chi connectivity index (χ4v) is 3.60. The van der Waals surface area contributed by atoms with Gasteiger partial charge < -0.3 is 14.4 Å². The largest absolute Gasteiger partial charge is 0.484 e. The number of likely N-dealkylation sites (tertiary alicyclic amines) is 1. The molecule has 0 N–H and O–H groups in total. The predicted octanol–water partition coefficient (Wildman–Crippen LogP) is 3.99. The highest BCUT2D eigenvalue weighted by molar-refractivity contribution is 6.37. The number of ether oxygens (including phenoxy) is 2. The standard InChI is InChI=1S/C20H20Cl2N2O4/c1-27-20(26)13-8-10-24(11-9-13)19(25)17-7-2-4-14(23-17)12-28-18-15(21)5-3-6-16(18)22/h2-7,13H,8-12H2,1H3. The molecule has 0 saturated carbocycles. The Morgan fingerprint density at radius 1 is 1.11 bits per heavy atom. The SMILES string of the molecule is COC(=O)C1CCN(C(=O)c2cccc(COc3c(Cl)cccc3Cl)n2)CC1. The Morgan fingerprint density at radius 3 is 2.39 bits per heavy atom. The third-order valence-electron chi connectivity index (χ3n) is 4.63. The fourth-order valence-electron chi connectivity index (χ4n) is 3.09.